The minimum Gasteiger partial charge on any atom is -0.480 e. The van der Waals surface area contributed by atoms with Gasteiger partial charge in [-0.2, -0.15) is 0 Å². The molecule has 3 unspecified atom stereocenters. The van der Waals surface area contributed by atoms with Crippen molar-refractivity contribution in [1.29, 1.82) is 0 Å². The maximum atomic E-state index is 11.4. The number of hydrogen-bond donors (Lipinski definition) is 7. The van der Waals surface area contributed by atoms with Gasteiger partial charge in [0.1, 0.15) is 6.54 Å². The Morgan fingerprint density at radius 3 is 2.00 bits per heavy atom. The van der Waals surface area contributed by atoms with E-state index in [0.717, 1.165) is 0 Å². The van der Waals surface area contributed by atoms with Gasteiger partial charge < -0.3 is 30.6 Å². The molecule has 174 valence electrons. The number of nitrogens with one attached hydrogen (secondary N) is 1. The highest BCUT2D eigenvalue weighted by Crippen LogP contribution is 2.20. The van der Waals surface area contributed by atoms with Gasteiger partial charge in [0.25, 0.3) is 0 Å². The van der Waals surface area contributed by atoms with Crippen molar-refractivity contribution in [3.63, 3.8) is 0 Å². The van der Waals surface area contributed by atoms with Gasteiger partial charge >= 0.3 is 17.9 Å². The molecule has 13 nitrogen and oxygen atoms in total. The number of nitrogens with zero attached hydrogens (tertiary/aromatic N) is 3. The molecule has 0 bridgehead atoms. The highest BCUT2D eigenvalue weighted by molar-refractivity contribution is 5.70. The molecule has 0 aromatic carbocycles. The van der Waals surface area contributed by atoms with Crippen LogP contribution in [0.15, 0.2) is 0 Å². The Balaban J connectivity index is 3.22. The molecular weight excluding hydrogens is 404 g/mol. The van der Waals surface area contributed by atoms with Gasteiger partial charge in [-0.25, -0.2) is 5.01 Å². The maximum absolute atomic E-state index is 11.4. The van der Waals surface area contributed by atoms with E-state index in [0.29, 0.717) is 0 Å². The summed E-state index contributed by atoms with van der Waals surface area (Å²) in [4.78, 5) is 37.0. The highest BCUT2D eigenvalue weighted by Gasteiger charge is 2.35. The summed E-state index contributed by atoms with van der Waals surface area (Å²) in [7, 11) is 0. The number of aliphatic carboxylic acids is 3. The molecule has 0 saturated carbocycles. The van der Waals surface area contributed by atoms with Crippen LogP contribution in [0, 0.1) is 5.92 Å². The summed E-state index contributed by atoms with van der Waals surface area (Å²) in [6.07, 6.45) is -1.19. The number of aliphatic hydroxyl groups is 3. The third-order valence-corrected chi connectivity index (χ3v) is 4.98. The fourth-order valence-electron chi connectivity index (χ4n) is 3.61. The van der Waals surface area contributed by atoms with E-state index < -0.39 is 49.1 Å². The number of carboxylic acids is 3. The standard InChI is InChI=1S/C17H32N4O9/c22-6-1-12(14(24)11-23)13-7-20(9-16(27)28)5-4-19(8-15(25)26)3-2-18-21(13)10-17(29)30/h12-14,18,22-24H,1-11H2,(H,25,26)(H,27,28)(H,29,30). The molecule has 0 amide bonds. The molecule has 0 aromatic rings. The second kappa shape index (κ2) is 13.4. The molecule has 13 heteroatoms. The average Bonchev–Trinajstić information content (AvgIpc) is 2.65. The van der Waals surface area contributed by atoms with E-state index in [9.17, 15) is 39.9 Å². The second-order valence-corrected chi connectivity index (χ2v) is 7.22. The zero-order valence-electron chi connectivity index (χ0n) is 16.8. The molecule has 30 heavy (non-hydrogen) atoms. The predicted octanol–water partition coefficient (Wildman–Crippen LogP) is -3.62. The van der Waals surface area contributed by atoms with E-state index in [1.165, 1.54) is 9.91 Å². The van der Waals surface area contributed by atoms with E-state index in [-0.39, 0.29) is 58.8 Å². The van der Waals surface area contributed by atoms with Crippen molar-refractivity contribution in [3.8, 4) is 0 Å². The lowest BCUT2D eigenvalue weighted by Crippen LogP contribution is -2.60. The van der Waals surface area contributed by atoms with Crippen molar-refractivity contribution in [2.24, 2.45) is 5.92 Å². The van der Waals surface area contributed by atoms with Gasteiger partial charge in [-0.15, -0.1) is 0 Å². The molecule has 0 spiro atoms. The second-order valence-electron chi connectivity index (χ2n) is 7.22. The lowest BCUT2D eigenvalue weighted by atomic mass is 9.89. The summed E-state index contributed by atoms with van der Waals surface area (Å²) in [5.74, 6) is -4.06. The topological polar surface area (TPSA) is 194 Å². The Morgan fingerprint density at radius 1 is 0.900 bits per heavy atom. The lowest BCUT2D eigenvalue weighted by molar-refractivity contribution is -0.144. The van der Waals surface area contributed by atoms with Crippen LogP contribution in [0.25, 0.3) is 0 Å². The predicted molar refractivity (Wildman–Crippen MR) is 103 cm³/mol. The van der Waals surface area contributed by atoms with Gasteiger partial charge in [0.05, 0.1) is 25.8 Å². The molecule has 1 aliphatic rings. The summed E-state index contributed by atoms with van der Waals surface area (Å²) >= 11 is 0. The summed E-state index contributed by atoms with van der Waals surface area (Å²) in [6.45, 7) is -1.03. The van der Waals surface area contributed by atoms with Gasteiger partial charge in [-0.05, 0) is 6.42 Å². The van der Waals surface area contributed by atoms with Crippen LogP contribution in [-0.4, -0.2) is 141 Å². The Labute approximate surface area is 174 Å². The molecule has 0 radical (unpaired) electrons. The molecule has 1 rings (SSSR count). The Kier molecular flexibility index (Phi) is 11.7. The summed E-state index contributed by atoms with van der Waals surface area (Å²) in [5, 5.41) is 58.1. The summed E-state index contributed by atoms with van der Waals surface area (Å²) in [5.41, 5.74) is 2.94. The van der Waals surface area contributed by atoms with Crippen LogP contribution >= 0.6 is 0 Å². The highest BCUT2D eigenvalue weighted by atomic mass is 16.4. The van der Waals surface area contributed by atoms with E-state index >= 15 is 0 Å². The Hall–Kier alpha value is -1.87. The van der Waals surface area contributed by atoms with Crippen LogP contribution in [0.1, 0.15) is 6.42 Å². The zero-order valence-corrected chi connectivity index (χ0v) is 16.8. The average molecular weight is 436 g/mol. The van der Waals surface area contributed by atoms with Crippen LogP contribution in [0.3, 0.4) is 0 Å². The Morgan fingerprint density at radius 2 is 1.47 bits per heavy atom. The zero-order chi connectivity index (χ0) is 22.7. The van der Waals surface area contributed by atoms with E-state index in [1.54, 1.807) is 4.90 Å². The van der Waals surface area contributed by atoms with Gasteiger partial charge in [0.15, 0.2) is 0 Å². The van der Waals surface area contributed by atoms with Crippen molar-refractivity contribution in [1.82, 2.24) is 20.2 Å². The number of hydrogen-bond acceptors (Lipinski definition) is 10. The maximum Gasteiger partial charge on any atom is 0.319 e. The fourth-order valence-corrected chi connectivity index (χ4v) is 3.61. The molecule has 0 aromatic heterocycles. The molecule has 3 atom stereocenters. The van der Waals surface area contributed by atoms with Gasteiger partial charge in [0, 0.05) is 51.3 Å². The minimum absolute atomic E-state index is 0.0230. The monoisotopic (exact) mass is 436 g/mol. The first-order valence-electron chi connectivity index (χ1n) is 9.67. The SMILES string of the molecule is O=C(O)CN1CCNN(CC(=O)O)C(C(CCO)C(O)CO)CN(CC(=O)O)CC1. The number of carbonyl (C=O) groups is 3. The first-order chi connectivity index (χ1) is 14.2. The third kappa shape index (κ3) is 9.30. The molecule has 1 aliphatic heterocycles. The van der Waals surface area contributed by atoms with Crippen LogP contribution in [0.2, 0.25) is 0 Å². The Bertz CT molecular complexity index is 565. The molecule has 0 aliphatic carbocycles. The van der Waals surface area contributed by atoms with E-state index in [2.05, 4.69) is 5.43 Å². The number of rotatable bonds is 11. The van der Waals surface area contributed by atoms with Crippen LogP contribution in [-0.2, 0) is 14.4 Å². The lowest BCUT2D eigenvalue weighted by Gasteiger charge is -2.42. The van der Waals surface area contributed by atoms with E-state index in [1.807, 2.05) is 0 Å². The number of hydrazine groups is 1. The van der Waals surface area contributed by atoms with Crippen molar-refractivity contribution in [2.45, 2.75) is 18.6 Å². The quantitative estimate of drug-likeness (QED) is 0.168. The first kappa shape index (κ1) is 26.2. The van der Waals surface area contributed by atoms with Gasteiger partial charge in [-0.3, -0.25) is 29.6 Å². The van der Waals surface area contributed by atoms with Crippen molar-refractivity contribution in [3.05, 3.63) is 0 Å². The third-order valence-electron chi connectivity index (χ3n) is 4.98. The smallest absolute Gasteiger partial charge is 0.319 e. The van der Waals surface area contributed by atoms with Crippen molar-refractivity contribution < 1.29 is 45.0 Å². The van der Waals surface area contributed by atoms with Crippen LogP contribution in [0.5, 0.6) is 0 Å². The number of carboxylic acid groups (broad SMARTS) is 3. The van der Waals surface area contributed by atoms with Crippen molar-refractivity contribution in [2.75, 3.05) is 65.6 Å². The molecule has 1 saturated heterocycles. The normalized spacial score (nSPS) is 22.3. The van der Waals surface area contributed by atoms with Crippen LogP contribution in [0.4, 0.5) is 0 Å². The molecule has 1 heterocycles. The largest absolute Gasteiger partial charge is 0.480 e. The summed E-state index contributed by atoms with van der Waals surface area (Å²) < 4.78 is 0. The molecular formula is C17H32N4O9. The van der Waals surface area contributed by atoms with E-state index in [4.69, 9.17) is 5.11 Å². The van der Waals surface area contributed by atoms with Crippen LogP contribution < -0.4 is 5.43 Å². The molecule has 7 N–H and O–H groups in total. The minimum atomic E-state index is -1.25. The van der Waals surface area contributed by atoms with Crippen molar-refractivity contribution >= 4 is 17.9 Å². The fraction of sp³-hybridized carbons (Fsp3) is 0.824. The first-order valence-corrected chi connectivity index (χ1v) is 9.67. The number of aliphatic hydroxyl groups excluding tert-OH is 3. The van der Waals surface area contributed by atoms with Gasteiger partial charge in [0.2, 0.25) is 0 Å². The van der Waals surface area contributed by atoms with Gasteiger partial charge in [-0.1, -0.05) is 0 Å². The summed E-state index contributed by atoms with van der Waals surface area (Å²) in [6, 6.07) is -0.735. The molecule has 1 fully saturated rings.